The Morgan fingerprint density at radius 1 is 1.05 bits per heavy atom. The Hall–Kier alpha value is -1.92. The van der Waals surface area contributed by atoms with Gasteiger partial charge in [0.25, 0.3) is 0 Å². The lowest BCUT2D eigenvalue weighted by Gasteiger charge is -2.05. The van der Waals surface area contributed by atoms with Gasteiger partial charge in [-0.05, 0) is 36.1 Å². The number of rotatable bonds is 3. The van der Waals surface area contributed by atoms with E-state index in [-0.39, 0.29) is 5.43 Å². The molecule has 3 aromatic rings. The molecular weight excluding hydrogens is 279 g/mol. The molecule has 0 aliphatic heterocycles. The van der Waals surface area contributed by atoms with E-state index in [4.69, 9.17) is 4.42 Å². The number of fused-ring (bicyclic) bond motifs is 1. The molecule has 1 atom stereocenters. The Labute approximate surface area is 125 Å². The van der Waals surface area contributed by atoms with Crippen molar-refractivity contribution in [1.29, 1.82) is 0 Å². The molecule has 1 heterocycles. The Bertz CT molecular complexity index is 832. The van der Waals surface area contributed by atoms with Gasteiger partial charge in [0.05, 0.1) is 5.39 Å². The van der Waals surface area contributed by atoms with Crippen molar-refractivity contribution in [2.24, 2.45) is 0 Å². The molecule has 1 aromatic heterocycles. The molecule has 0 radical (unpaired) electrons. The minimum absolute atomic E-state index is 0.0194. The van der Waals surface area contributed by atoms with E-state index in [0.717, 1.165) is 12.0 Å². The second-order valence-corrected chi connectivity index (χ2v) is 6.06. The van der Waals surface area contributed by atoms with Crippen LogP contribution in [0.15, 0.2) is 57.7 Å². The second kappa shape index (κ2) is 5.83. The first-order valence-electron chi connectivity index (χ1n) is 7.06. The maximum Gasteiger partial charge on any atom is 0.193 e. The molecule has 0 saturated heterocycles. The summed E-state index contributed by atoms with van der Waals surface area (Å²) in [5.74, 6) is 0.627. The third kappa shape index (κ3) is 2.77. The molecule has 3 rings (SSSR count). The van der Waals surface area contributed by atoms with Crippen LogP contribution in [-0.4, -0.2) is 6.66 Å². The van der Waals surface area contributed by atoms with Crippen molar-refractivity contribution >= 4 is 24.9 Å². The quantitative estimate of drug-likeness (QED) is 0.685. The SMILES string of the molecule is CCc1ccc(-c2cc(=O)c3cc(PC)ccc3o2)cc1. The molecule has 0 bridgehead atoms. The van der Waals surface area contributed by atoms with Crippen molar-refractivity contribution in [2.45, 2.75) is 13.3 Å². The third-order valence-electron chi connectivity index (χ3n) is 3.66. The summed E-state index contributed by atoms with van der Waals surface area (Å²) in [5, 5.41) is 1.84. The first-order valence-corrected chi connectivity index (χ1v) is 8.56. The second-order valence-electron chi connectivity index (χ2n) is 4.99. The highest BCUT2D eigenvalue weighted by atomic mass is 31.1. The van der Waals surface area contributed by atoms with Crippen LogP contribution in [0.2, 0.25) is 0 Å². The van der Waals surface area contributed by atoms with E-state index in [1.165, 1.54) is 10.9 Å². The number of aryl methyl sites for hydroxylation is 1. The van der Waals surface area contributed by atoms with Crippen molar-refractivity contribution in [3.8, 4) is 11.3 Å². The van der Waals surface area contributed by atoms with Gasteiger partial charge < -0.3 is 4.42 Å². The summed E-state index contributed by atoms with van der Waals surface area (Å²) in [5.41, 5.74) is 2.88. The van der Waals surface area contributed by atoms with Crippen LogP contribution in [0.5, 0.6) is 0 Å². The van der Waals surface area contributed by atoms with Gasteiger partial charge in [0, 0.05) is 11.6 Å². The Morgan fingerprint density at radius 2 is 1.81 bits per heavy atom. The number of benzene rings is 2. The maximum absolute atomic E-state index is 12.3. The van der Waals surface area contributed by atoms with E-state index in [1.807, 2.05) is 30.3 Å². The summed E-state index contributed by atoms with van der Waals surface area (Å²) in [7, 11) is 0.678. The average Bonchev–Trinajstić information content (AvgIpc) is 2.54. The highest BCUT2D eigenvalue weighted by Crippen LogP contribution is 2.23. The molecule has 2 nitrogen and oxygen atoms in total. The molecule has 0 amide bonds. The van der Waals surface area contributed by atoms with E-state index in [2.05, 4.69) is 25.7 Å². The van der Waals surface area contributed by atoms with Crippen LogP contribution in [0.25, 0.3) is 22.3 Å². The largest absolute Gasteiger partial charge is 0.456 e. The lowest BCUT2D eigenvalue weighted by atomic mass is 10.1. The van der Waals surface area contributed by atoms with Crippen LogP contribution in [0.4, 0.5) is 0 Å². The van der Waals surface area contributed by atoms with E-state index >= 15 is 0 Å². The highest BCUT2D eigenvalue weighted by molar-refractivity contribution is 7.46. The molecule has 0 fully saturated rings. The number of hydrogen-bond donors (Lipinski definition) is 0. The minimum Gasteiger partial charge on any atom is -0.456 e. The normalized spacial score (nSPS) is 11.5. The van der Waals surface area contributed by atoms with E-state index in [0.29, 0.717) is 25.3 Å². The van der Waals surface area contributed by atoms with Gasteiger partial charge in [-0.2, -0.15) is 0 Å². The minimum atomic E-state index is 0.0194. The standard InChI is InChI=1S/C18H17O2P/c1-3-12-4-6-13(7-5-12)18-11-16(19)15-10-14(21-2)8-9-17(15)20-18/h4-11,21H,3H2,1-2H3. The van der Waals surface area contributed by atoms with E-state index < -0.39 is 0 Å². The van der Waals surface area contributed by atoms with Crippen LogP contribution in [-0.2, 0) is 6.42 Å². The van der Waals surface area contributed by atoms with Gasteiger partial charge in [-0.3, -0.25) is 4.79 Å². The van der Waals surface area contributed by atoms with E-state index in [9.17, 15) is 4.79 Å². The fourth-order valence-corrected chi connectivity index (χ4v) is 2.90. The van der Waals surface area contributed by atoms with Crippen LogP contribution in [0, 0.1) is 0 Å². The zero-order chi connectivity index (χ0) is 14.8. The van der Waals surface area contributed by atoms with Crippen LogP contribution >= 0.6 is 8.58 Å². The lowest BCUT2D eigenvalue weighted by molar-refractivity contribution is 0.619. The van der Waals surface area contributed by atoms with Gasteiger partial charge in [-0.25, -0.2) is 0 Å². The van der Waals surface area contributed by atoms with Crippen LogP contribution < -0.4 is 10.7 Å². The van der Waals surface area contributed by atoms with E-state index in [1.54, 1.807) is 6.07 Å². The summed E-state index contributed by atoms with van der Waals surface area (Å²) in [4.78, 5) is 12.3. The molecule has 0 aliphatic carbocycles. The summed E-state index contributed by atoms with van der Waals surface area (Å²) in [6.07, 6.45) is 1.00. The fourth-order valence-electron chi connectivity index (χ4n) is 2.36. The monoisotopic (exact) mass is 296 g/mol. The van der Waals surface area contributed by atoms with Crippen molar-refractivity contribution in [3.63, 3.8) is 0 Å². The Kier molecular flexibility index (Phi) is 3.90. The van der Waals surface area contributed by atoms with Crippen LogP contribution in [0.3, 0.4) is 0 Å². The zero-order valence-electron chi connectivity index (χ0n) is 12.1. The van der Waals surface area contributed by atoms with Gasteiger partial charge in [-0.1, -0.05) is 45.8 Å². The van der Waals surface area contributed by atoms with Crippen molar-refractivity contribution in [1.82, 2.24) is 0 Å². The molecule has 0 saturated carbocycles. The molecule has 0 aliphatic rings. The smallest absolute Gasteiger partial charge is 0.193 e. The first kappa shape index (κ1) is 14.0. The number of hydrogen-bond acceptors (Lipinski definition) is 2. The fraction of sp³-hybridized carbons (Fsp3) is 0.167. The Morgan fingerprint density at radius 3 is 2.48 bits per heavy atom. The predicted octanol–water partition coefficient (Wildman–Crippen LogP) is 3.96. The molecule has 3 heteroatoms. The molecule has 21 heavy (non-hydrogen) atoms. The lowest BCUT2D eigenvalue weighted by Crippen LogP contribution is -2.04. The van der Waals surface area contributed by atoms with Gasteiger partial charge in [0.1, 0.15) is 11.3 Å². The van der Waals surface area contributed by atoms with Crippen LogP contribution in [0.1, 0.15) is 12.5 Å². The molecule has 1 unspecified atom stereocenters. The summed E-state index contributed by atoms with van der Waals surface area (Å²) >= 11 is 0. The van der Waals surface area contributed by atoms with Gasteiger partial charge in [0.15, 0.2) is 5.43 Å². The predicted molar refractivity (Wildman–Crippen MR) is 91.2 cm³/mol. The third-order valence-corrected chi connectivity index (χ3v) is 4.55. The molecule has 0 N–H and O–H groups in total. The molecule has 2 aromatic carbocycles. The summed E-state index contributed by atoms with van der Waals surface area (Å²) in [6.45, 7) is 4.23. The topological polar surface area (TPSA) is 30.2 Å². The summed E-state index contributed by atoms with van der Waals surface area (Å²) < 4.78 is 5.90. The average molecular weight is 296 g/mol. The Balaban J connectivity index is 2.13. The van der Waals surface area contributed by atoms with Crippen molar-refractivity contribution < 1.29 is 4.42 Å². The van der Waals surface area contributed by atoms with Gasteiger partial charge in [0.2, 0.25) is 0 Å². The molecule has 0 spiro atoms. The summed E-state index contributed by atoms with van der Waals surface area (Å²) in [6, 6.07) is 15.6. The highest BCUT2D eigenvalue weighted by Gasteiger charge is 2.07. The molecule has 106 valence electrons. The van der Waals surface area contributed by atoms with Gasteiger partial charge in [-0.15, -0.1) is 0 Å². The van der Waals surface area contributed by atoms with Crippen molar-refractivity contribution in [3.05, 3.63) is 64.3 Å². The zero-order valence-corrected chi connectivity index (χ0v) is 13.1. The maximum atomic E-state index is 12.3. The van der Waals surface area contributed by atoms with Gasteiger partial charge >= 0.3 is 0 Å². The first-order chi connectivity index (χ1) is 10.2. The molecular formula is C18H17O2P. The van der Waals surface area contributed by atoms with Crippen molar-refractivity contribution in [2.75, 3.05) is 6.66 Å².